The van der Waals surface area contributed by atoms with Crippen LogP contribution in [-0.2, 0) is 25.6 Å². The molecule has 0 amide bonds. The van der Waals surface area contributed by atoms with Crippen molar-refractivity contribution in [3.05, 3.63) is 56.6 Å². The van der Waals surface area contributed by atoms with Gasteiger partial charge in [-0.1, -0.05) is 42.1 Å². The third-order valence-electron chi connectivity index (χ3n) is 4.74. The summed E-state index contributed by atoms with van der Waals surface area (Å²) in [6, 6.07) is 10.3. The molecule has 0 atom stereocenters. The largest absolute Gasteiger partial charge is 0.307 e. The Balaban J connectivity index is 1.67. The summed E-state index contributed by atoms with van der Waals surface area (Å²) in [5.74, 6) is 1.57. The minimum Gasteiger partial charge on any atom is -0.307 e. The van der Waals surface area contributed by atoms with Gasteiger partial charge in [0, 0.05) is 23.2 Å². The number of nitrogens with zero attached hydrogens (tertiary/aromatic N) is 4. The van der Waals surface area contributed by atoms with Gasteiger partial charge >= 0.3 is 0 Å². The molecule has 4 aromatic rings. The predicted molar refractivity (Wildman–Crippen MR) is 102 cm³/mol. The number of rotatable bonds is 3. The highest BCUT2D eigenvalue weighted by Crippen LogP contribution is 2.32. The van der Waals surface area contributed by atoms with Crippen LogP contribution in [0.4, 0.5) is 0 Å². The highest BCUT2D eigenvalue weighted by atomic mass is 32.2. The first kappa shape index (κ1) is 15.2. The Kier molecular flexibility index (Phi) is 3.46. The van der Waals surface area contributed by atoms with Crippen LogP contribution < -0.4 is 5.43 Å². The lowest BCUT2D eigenvalue weighted by molar-refractivity contribution is 0.910. The number of benzene rings is 1. The van der Waals surface area contributed by atoms with Gasteiger partial charge in [-0.3, -0.25) is 4.79 Å². The molecule has 0 spiro atoms. The van der Waals surface area contributed by atoms with Crippen molar-refractivity contribution >= 4 is 39.2 Å². The van der Waals surface area contributed by atoms with Gasteiger partial charge in [-0.05, 0) is 24.8 Å². The minimum atomic E-state index is 0.174. The van der Waals surface area contributed by atoms with Gasteiger partial charge in [0.15, 0.2) is 5.16 Å². The Morgan fingerprint density at radius 3 is 2.88 bits per heavy atom. The number of thioether (sulfide) groups is 1. The van der Waals surface area contributed by atoms with E-state index in [1.807, 2.05) is 34.2 Å². The van der Waals surface area contributed by atoms with Crippen LogP contribution in [0.15, 0.2) is 40.3 Å². The van der Waals surface area contributed by atoms with Gasteiger partial charge in [0.25, 0.3) is 0 Å². The molecule has 0 radical (unpaired) electrons. The highest BCUT2D eigenvalue weighted by molar-refractivity contribution is 7.98. The van der Waals surface area contributed by atoms with E-state index in [4.69, 9.17) is 0 Å². The number of hydrogen-bond acceptors (Lipinski definition) is 5. The quantitative estimate of drug-likeness (QED) is 0.520. The second kappa shape index (κ2) is 5.71. The monoisotopic (exact) mass is 368 g/mol. The van der Waals surface area contributed by atoms with E-state index in [1.165, 1.54) is 10.4 Å². The maximum absolute atomic E-state index is 12.9. The van der Waals surface area contributed by atoms with Gasteiger partial charge in [0.05, 0.1) is 0 Å². The first-order chi connectivity index (χ1) is 12.2. The van der Waals surface area contributed by atoms with E-state index in [-0.39, 0.29) is 5.43 Å². The molecule has 1 aliphatic rings. The molecule has 0 bridgehead atoms. The molecule has 3 aromatic heterocycles. The van der Waals surface area contributed by atoms with E-state index in [9.17, 15) is 4.79 Å². The molecule has 1 aromatic carbocycles. The molecule has 1 aliphatic carbocycles. The minimum absolute atomic E-state index is 0.174. The van der Waals surface area contributed by atoms with Crippen molar-refractivity contribution in [3.63, 3.8) is 0 Å². The molecule has 0 N–H and O–H groups in total. The average molecular weight is 368 g/mol. The highest BCUT2D eigenvalue weighted by Gasteiger charge is 2.24. The van der Waals surface area contributed by atoms with Crippen LogP contribution in [0.3, 0.4) is 0 Å². The SMILES string of the molecule is Cn1c2c(=O)c3c(sc2n2c(SCc4ccccc4)nnc12)CCC3. The molecule has 25 heavy (non-hydrogen) atoms. The van der Waals surface area contributed by atoms with Gasteiger partial charge in [-0.15, -0.1) is 21.5 Å². The van der Waals surface area contributed by atoms with E-state index in [1.54, 1.807) is 23.1 Å². The summed E-state index contributed by atoms with van der Waals surface area (Å²) >= 11 is 3.39. The Bertz CT molecular complexity index is 1160. The lowest BCUT2D eigenvalue weighted by atomic mass is 10.2. The van der Waals surface area contributed by atoms with Crippen molar-refractivity contribution in [3.8, 4) is 0 Å². The van der Waals surface area contributed by atoms with Crippen LogP contribution in [0.1, 0.15) is 22.4 Å². The van der Waals surface area contributed by atoms with Crippen LogP contribution in [0.25, 0.3) is 16.1 Å². The van der Waals surface area contributed by atoms with Crippen LogP contribution in [0.2, 0.25) is 0 Å². The van der Waals surface area contributed by atoms with E-state index in [0.717, 1.165) is 51.9 Å². The Hall–Kier alpha value is -2.12. The third-order valence-corrected chi connectivity index (χ3v) is 7.01. The van der Waals surface area contributed by atoms with Crippen molar-refractivity contribution in [2.45, 2.75) is 30.2 Å². The molecule has 5 rings (SSSR count). The fourth-order valence-electron chi connectivity index (χ4n) is 3.49. The standard InChI is InChI=1S/C18H16N4OS2/c1-21-14-15(23)12-8-5-9-13(12)25-16(14)22-17(21)19-20-18(22)24-10-11-6-3-2-4-7-11/h2-4,6-7H,5,8-10H2,1H3. The summed E-state index contributed by atoms with van der Waals surface area (Å²) in [6.07, 6.45) is 3.00. The lowest BCUT2D eigenvalue weighted by Crippen LogP contribution is -2.10. The van der Waals surface area contributed by atoms with Gasteiger partial charge in [-0.2, -0.15) is 0 Å². The number of hydrogen-bond donors (Lipinski definition) is 0. The lowest BCUT2D eigenvalue weighted by Gasteiger charge is -2.01. The van der Waals surface area contributed by atoms with Crippen molar-refractivity contribution < 1.29 is 0 Å². The molecular weight excluding hydrogens is 352 g/mol. The molecule has 3 heterocycles. The van der Waals surface area contributed by atoms with E-state index in [2.05, 4.69) is 22.3 Å². The van der Waals surface area contributed by atoms with E-state index in [0.29, 0.717) is 0 Å². The first-order valence-corrected chi connectivity index (χ1v) is 10.1. The fourth-order valence-corrected chi connectivity index (χ4v) is 5.82. The smallest absolute Gasteiger partial charge is 0.237 e. The molecule has 0 unspecified atom stereocenters. The number of imidazole rings is 1. The molecule has 5 nitrogen and oxygen atoms in total. The summed E-state index contributed by atoms with van der Waals surface area (Å²) in [4.78, 5) is 15.1. The van der Waals surface area contributed by atoms with Crippen molar-refractivity contribution in [2.24, 2.45) is 7.05 Å². The van der Waals surface area contributed by atoms with E-state index >= 15 is 0 Å². The average Bonchev–Trinajstić information content (AvgIpc) is 3.32. The van der Waals surface area contributed by atoms with Crippen LogP contribution in [0.5, 0.6) is 0 Å². The molecule has 0 saturated carbocycles. The maximum atomic E-state index is 12.9. The summed E-state index contributed by atoms with van der Waals surface area (Å²) in [6.45, 7) is 0. The zero-order valence-electron chi connectivity index (χ0n) is 13.7. The summed E-state index contributed by atoms with van der Waals surface area (Å²) in [7, 11) is 1.91. The molecule has 7 heteroatoms. The van der Waals surface area contributed by atoms with Gasteiger partial charge in [0.2, 0.25) is 11.2 Å². The van der Waals surface area contributed by atoms with Crippen LogP contribution in [0, 0.1) is 0 Å². The number of aryl methyl sites for hydroxylation is 2. The molecule has 0 saturated heterocycles. The Labute approximate surface area is 152 Å². The second-order valence-electron chi connectivity index (χ2n) is 6.29. The number of aromatic nitrogens is 4. The van der Waals surface area contributed by atoms with Crippen molar-refractivity contribution in [1.82, 2.24) is 19.2 Å². The second-order valence-corrected chi connectivity index (χ2v) is 8.32. The molecule has 0 aliphatic heterocycles. The Morgan fingerprint density at radius 1 is 1.20 bits per heavy atom. The molecule has 126 valence electrons. The third kappa shape index (κ3) is 2.26. The van der Waals surface area contributed by atoms with Crippen molar-refractivity contribution in [1.29, 1.82) is 0 Å². The topological polar surface area (TPSA) is 52.2 Å². The normalized spacial score (nSPS) is 13.8. The van der Waals surface area contributed by atoms with Gasteiger partial charge < -0.3 is 4.57 Å². The first-order valence-electron chi connectivity index (χ1n) is 8.29. The van der Waals surface area contributed by atoms with Crippen LogP contribution in [-0.4, -0.2) is 19.2 Å². The van der Waals surface area contributed by atoms with E-state index < -0.39 is 0 Å². The van der Waals surface area contributed by atoms with Gasteiger partial charge in [-0.25, -0.2) is 4.40 Å². The Morgan fingerprint density at radius 2 is 2.04 bits per heavy atom. The molecular formula is C18H16N4OS2. The maximum Gasteiger partial charge on any atom is 0.237 e. The summed E-state index contributed by atoms with van der Waals surface area (Å²) in [5, 5.41) is 9.54. The fraction of sp³-hybridized carbons (Fsp3) is 0.278. The van der Waals surface area contributed by atoms with Crippen molar-refractivity contribution in [2.75, 3.05) is 0 Å². The predicted octanol–water partition coefficient (Wildman–Crippen LogP) is 3.42. The summed E-state index contributed by atoms with van der Waals surface area (Å²) < 4.78 is 3.94. The zero-order chi connectivity index (χ0) is 17.0. The zero-order valence-corrected chi connectivity index (χ0v) is 15.4. The van der Waals surface area contributed by atoms with Crippen LogP contribution >= 0.6 is 23.1 Å². The summed E-state index contributed by atoms with van der Waals surface area (Å²) in [5.41, 5.74) is 3.19. The van der Waals surface area contributed by atoms with Gasteiger partial charge in [0.1, 0.15) is 10.3 Å². The number of fused-ring (bicyclic) bond motifs is 4. The molecule has 0 fully saturated rings.